The van der Waals surface area contributed by atoms with Gasteiger partial charge in [0.15, 0.2) is 12.2 Å². The summed E-state index contributed by atoms with van der Waals surface area (Å²) in [5, 5.41) is 0. The van der Waals surface area contributed by atoms with Gasteiger partial charge in [0.25, 0.3) is 0 Å². The molecule has 0 radical (unpaired) electrons. The van der Waals surface area contributed by atoms with E-state index in [2.05, 4.69) is 6.92 Å². The molecule has 0 fully saturated rings. The molecule has 13 heteroatoms. The van der Waals surface area contributed by atoms with Gasteiger partial charge >= 0.3 is 31.7 Å². The zero-order valence-corrected chi connectivity index (χ0v) is 24.7. The third kappa shape index (κ3) is 24.7. The monoisotopic (exact) mass is 582 g/mol. The van der Waals surface area contributed by atoms with Crippen LogP contribution in [0.5, 0.6) is 0 Å². The average molecular weight is 583 g/mol. The molecular weight excluding hydrogens is 535 g/mol. The molecule has 0 saturated heterocycles. The van der Waals surface area contributed by atoms with Crippen LogP contribution in [0.25, 0.3) is 0 Å². The summed E-state index contributed by atoms with van der Waals surface area (Å²) in [6.07, 6.45) is 10.4. The van der Waals surface area contributed by atoms with E-state index in [1.54, 1.807) is 0 Å². The largest absolute Gasteiger partial charge is 0.472 e. The normalized spacial score (nSPS) is 14.1. The summed E-state index contributed by atoms with van der Waals surface area (Å²) in [4.78, 5) is 55.6. The van der Waals surface area contributed by atoms with E-state index in [0.29, 0.717) is 6.42 Å². The number of esters is 4. The fraction of sp³-hybridized carbons (Fsp3) is 0.846. The third-order valence-corrected chi connectivity index (χ3v) is 6.36. The molecule has 0 aliphatic heterocycles. The van der Waals surface area contributed by atoms with Crippen molar-refractivity contribution >= 4 is 31.7 Å². The van der Waals surface area contributed by atoms with E-state index < -0.39 is 57.1 Å². The number of phosphoric ester groups is 1. The van der Waals surface area contributed by atoms with Crippen LogP contribution in [-0.4, -0.2) is 67.4 Å². The standard InChI is InChI=1S/C26H47O12P/c1-5-6-7-8-9-10-11-12-13-14-15-16-26(30)38-25(18-34-22(3)28)20-36-39(31,32)35-19-24(37-23(4)29)17-33-21(2)27/h24-25H,5-20H2,1-4H3,(H,31,32)/t24?,25-/m1/s1. The van der Waals surface area contributed by atoms with Gasteiger partial charge in [-0.2, -0.15) is 0 Å². The van der Waals surface area contributed by atoms with Crippen molar-refractivity contribution in [2.45, 2.75) is 117 Å². The van der Waals surface area contributed by atoms with Gasteiger partial charge in [-0.1, -0.05) is 71.1 Å². The Balaban J connectivity index is 4.46. The van der Waals surface area contributed by atoms with Crippen molar-refractivity contribution in [2.75, 3.05) is 26.4 Å². The first-order chi connectivity index (χ1) is 18.4. The highest BCUT2D eigenvalue weighted by atomic mass is 31.2. The van der Waals surface area contributed by atoms with Crippen molar-refractivity contribution in [3.05, 3.63) is 0 Å². The second-order valence-electron chi connectivity index (χ2n) is 9.29. The molecule has 0 aromatic rings. The lowest BCUT2D eigenvalue weighted by molar-refractivity contribution is -0.160. The van der Waals surface area contributed by atoms with Crippen LogP contribution in [0.1, 0.15) is 105 Å². The van der Waals surface area contributed by atoms with Gasteiger partial charge in [-0.15, -0.1) is 0 Å². The van der Waals surface area contributed by atoms with Gasteiger partial charge in [-0.05, 0) is 6.42 Å². The summed E-state index contributed by atoms with van der Waals surface area (Å²) >= 11 is 0. The van der Waals surface area contributed by atoms with E-state index in [9.17, 15) is 28.6 Å². The molecule has 0 aliphatic rings. The Hall–Kier alpha value is -2.01. The van der Waals surface area contributed by atoms with Crippen molar-refractivity contribution in [3.63, 3.8) is 0 Å². The Kier molecular flexibility index (Phi) is 21.6. The molecule has 0 rings (SSSR count). The third-order valence-electron chi connectivity index (χ3n) is 5.41. The van der Waals surface area contributed by atoms with Crippen LogP contribution in [0.2, 0.25) is 0 Å². The van der Waals surface area contributed by atoms with Gasteiger partial charge in [0, 0.05) is 27.2 Å². The summed E-state index contributed by atoms with van der Waals surface area (Å²) in [6, 6.07) is 0. The summed E-state index contributed by atoms with van der Waals surface area (Å²) in [5.74, 6) is -2.52. The highest BCUT2D eigenvalue weighted by Crippen LogP contribution is 2.43. The van der Waals surface area contributed by atoms with Crippen molar-refractivity contribution in [3.8, 4) is 0 Å². The van der Waals surface area contributed by atoms with Crippen LogP contribution >= 0.6 is 7.82 Å². The van der Waals surface area contributed by atoms with E-state index >= 15 is 0 Å². The zero-order valence-electron chi connectivity index (χ0n) is 23.9. The first-order valence-electron chi connectivity index (χ1n) is 13.7. The molecule has 1 N–H and O–H groups in total. The summed E-state index contributed by atoms with van der Waals surface area (Å²) in [5.41, 5.74) is 0. The Bertz CT molecular complexity index is 757. The Morgan fingerprint density at radius 1 is 0.615 bits per heavy atom. The molecule has 0 saturated carbocycles. The Morgan fingerprint density at radius 2 is 1.03 bits per heavy atom. The van der Waals surface area contributed by atoms with Crippen molar-refractivity contribution in [2.24, 2.45) is 0 Å². The van der Waals surface area contributed by atoms with Gasteiger partial charge in [-0.25, -0.2) is 4.57 Å². The molecule has 0 aromatic carbocycles. The van der Waals surface area contributed by atoms with Crippen LogP contribution in [0, 0.1) is 0 Å². The maximum atomic E-state index is 12.3. The minimum Gasteiger partial charge on any atom is -0.462 e. The number of carbonyl (C=O) groups excluding carboxylic acids is 4. The summed E-state index contributed by atoms with van der Waals surface area (Å²) in [6.45, 7) is 3.68. The number of ether oxygens (including phenoxy) is 4. The van der Waals surface area contributed by atoms with Crippen molar-refractivity contribution in [1.29, 1.82) is 0 Å². The topological polar surface area (TPSA) is 161 Å². The molecule has 0 heterocycles. The smallest absolute Gasteiger partial charge is 0.462 e. The zero-order chi connectivity index (χ0) is 29.5. The number of hydrogen-bond donors (Lipinski definition) is 1. The molecule has 0 spiro atoms. The lowest BCUT2D eigenvalue weighted by Gasteiger charge is -2.21. The number of carbonyl (C=O) groups is 4. The van der Waals surface area contributed by atoms with E-state index in [0.717, 1.165) is 33.1 Å². The molecular formula is C26H47O12P. The lowest BCUT2D eigenvalue weighted by atomic mass is 10.1. The fourth-order valence-electron chi connectivity index (χ4n) is 3.46. The summed E-state index contributed by atoms with van der Waals surface area (Å²) < 4.78 is 41.7. The van der Waals surface area contributed by atoms with Crippen LogP contribution in [-0.2, 0) is 51.7 Å². The number of hydrogen-bond acceptors (Lipinski definition) is 11. The number of unbranched alkanes of at least 4 members (excludes halogenated alkanes) is 10. The minimum absolute atomic E-state index is 0.154. The molecule has 39 heavy (non-hydrogen) atoms. The number of rotatable bonds is 24. The van der Waals surface area contributed by atoms with Crippen LogP contribution < -0.4 is 0 Å². The average Bonchev–Trinajstić information content (AvgIpc) is 2.85. The summed E-state index contributed by atoms with van der Waals surface area (Å²) in [7, 11) is -4.69. The number of phosphoric acid groups is 1. The predicted octanol–water partition coefficient (Wildman–Crippen LogP) is 4.79. The second kappa shape index (κ2) is 22.8. The van der Waals surface area contributed by atoms with Gasteiger partial charge in [0.1, 0.15) is 13.2 Å². The molecule has 0 amide bonds. The molecule has 2 unspecified atom stereocenters. The first-order valence-corrected chi connectivity index (χ1v) is 15.2. The maximum absolute atomic E-state index is 12.3. The SMILES string of the molecule is CCCCCCCCCCCCCC(=O)O[C@H](COC(C)=O)COP(=O)(O)OCC(COC(C)=O)OC(C)=O. The second-order valence-corrected chi connectivity index (χ2v) is 10.7. The van der Waals surface area contributed by atoms with Gasteiger partial charge < -0.3 is 23.8 Å². The quantitative estimate of drug-likeness (QED) is 0.0718. The van der Waals surface area contributed by atoms with Crippen LogP contribution in [0.15, 0.2) is 0 Å². The highest BCUT2D eigenvalue weighted by Gasteiger charge is 2.28. The lowest BCUT2D eigenvalue weighted by Crippen LogP contribution is -2.30. The molecule has 3 atom stereocenters. The van der Waals surface area contributed by atoms with Crippen molar-refractivity contribution in [1.82, 2.24) is 0 Å². The molecule has 0 aromatic heterocycles. The fourth-order valence-corrected chi connectivity index (χ4v) is 4.24. The van der Waals surface area contributed by atoms with E-state index in [-0.39, 0.29) is 19.6 Å². The first kappa shape index (κ1) is 37.0. The van der Waals surface area contributed by atoms with Crippen molar-refractivity contribution < 1.29 is 56.6 Å². The van der Waals surface area contributed by atoms with Gasteiger partial charge in [0.05, 0.1) is 13.2 Å². The van der Waals surface area contributed by atoms with Gasteiger partial charge in [0.2, 0.25) is 0 Å². The van der Waals surface area contributed by atoms with E-state index in [4.69, 9.17) is 28.0 Å². The van der Waals surface area contributed by atoms with E-state index in [1.165, 1.54) is 51.9 Å². The minimum atomic E-state index is -4.69. The maximum Gasteiger partial charge on any atom is 0.472 e. The molecule has 0 bridgehead atoms. The molecule has 228 valence electrons. The van der Waals surface area contributed by atoms with Gasteiger partial charge in [-0.3, -0.25) is 28.2 Å². The Labute approximate surface area is 232 Å². The molecule has 12 nitrogen and oxygen atoms in total. The van der Waals surface area contributed by atoms with E-state index in [1.807, 2.05) is 0 Å². The highest BCUT2D eigenvalue weighted by molar-refractivity contribution is 7.47. The Morgan fingerprint density at radius 3 is 1.44 bits per heavy atom. The predicted molar refractivity (Wildman–Crippen MR) is 142 cm³/mol. The molecule has 0 aliphatic carbocycles. The van der Waals surface area contributed by atoms with Crippen LogP contribution in [0.4, 0.5) is 0 Å². The van der Waals surface area contributed by atoms with Crippen LogP contribution in [0.3, 0.4) is 0 Å².